The van der Waals surface area contributed by atoms with Crippen molar-refractivity contribution < 1.29 is 33.0 Å². The van der Waals surface area contributed by atoms with Crippen molar-refractivity contribution in [2.75, 3.05) is 32.1 Å². The highest BCUT2D eigenvalue weighted by molar-refractivity contribution is 5.99. The van der Waals surface area contributed by atoms with E-state index in [1.807, 2.05) is 30.3 Å². The van der Waals surface area contributed by atoms with Gasteiger partial charge in [0, 0.05) is 30.8 Å². The molecule has 2 atom stereocenters. The van der Waals surface area contributed by atoms with Gasteiger partial charge in [0.25, 0.3) is 5.91 Å². The molecule has 1 fully saturated rings. The Morgan fingerprint density at radius 1 is 0.980 bits per heavy atom. The van der Waals surface area contributed by atoms with Crippen molar-refractivity contribution in [2.45, 2.75) is 50.9 Å². The van der Waals surface area contributed by atoms with E-state index < -0.39 is 35.3 Å². The second-order valence-electron chi connectivity index (χ2n) is 13.1. The zero-order chi connectivity index (χ0) is 36.5. The molecule has 1 aromatic heterocycles. The Balaban J connectivity index is 1.31. The number of benzene rings is 3. The lowest BCUT2D eigenvalue weighted by molar-refractivity contribution is -0.134. The zero-order valence-electron chi connectivity index (χ0n) is 28.9. The van der Waals surface area contributed by atoms with Gasteiger partial charge >= 0.3 is 0 Å². The van der Waals surface area contributed by atoms with Crippen LogP contribution in [0, 0.1) is 11.7 Å². The molecule has 1 aliphatic rings. The predicted octanol–water partition coefficient (Wildman–Crippen LogP) is 4.12. The van der Waals surface area contributed by atoms with E-state index >= 15 is 0 Å². The van der Waals surface area contributed by atoms with Gasteiger partial charge in [0.2, 0.25) is 11.8 Å². The number of halogens is 1. The first-order valence-electron chi connectivity index (χ1n) is 16.7. The van der Waals surface area contributed by atoms with Crippen molar-refractivity contribution in [3.8, 4) is 5.75 Å². The minimum Gasteiger partial charge on any atom is -0.497 e. The summed E-state index contributed by atoms with van der Waals surface area (Å²) >= 11 is 0. The van der Waals surface area contributed by atoms with Gasteiger partial charge in [-0.15, -0.1) is 0 Å². The number of ketones is 1. The van der Waals surface area contributed by atoms with Gasteiger partial charge in [-0.2, -0.15) is 0 Å². The molecule has 13 heteroatoms. The Morgan fingerprint density at radius 2 is 1.65 bits per heavy atom. The molecule has 0 aliphatic carbocycles. The molecule has 2 unspecified atom stereocenters. The van der Waals surface area contributed by atoms with Crippen LogP contribution in [0.15, 0.2) is 91.4 Å². The van der Waals surface area contributed by atoms with E-state index in [9.17, 15) is 23.6 Å². The van der Waals surface area contributed by atoms with Crippen LogP contribution in [0.1, 0.15) is 54.2 Å². The van der Waals surface area contributed by atoms with Gasteiger partial charge in [0.05, 0.1) is 32.2 Å². The highest BCUT2D eigenvalue weighted by Crippen LogP contribution is 2.28. The number of rotatable bonds is 14. The van der Waals surface area contributed by atoms with E-state index in [2.05, 4.69) is 15.6 Å². The molecule has 51 heavy (non-hydrogen) atoms. The number of piperidine rings is 1. The summed E-state index contributed by atoms with van der Waals surface area (Å²) in [6.07, 6.45) is 3.92. The first-order valence-corrected chi connectivity index (χ1v) is 16.7. The average Bonchev–Trinajstić information content (AvgIpc) is 3.59. The minimum absolute atomic E-state index is 0.0706. The molecule has 2 heterocycles. The molecule has 0 spiro atoms. The fraction of sp³-hybridized carbons (Fsp3) is 0.342. The topological polar surface area (TPSA) is 158 Å². The number of nitrogens with one attached hydrogen (secondary N) is 2. The average molecular weight is 699 g/mol. The number of carbonyl (C=O) groups is 4. The van der Waals surface area contributed by atoms with Crippen LogP contribution >= 0.6 is 0 Å². The Labute approximate surface area is 296 Å². The number of hydrogen-bond acceptors (Lipinski definition) is 8. The van der Waals surface area contributed by atoms with Crippen LogP contribution in [-0.2, 0) is 25.7 Å². The number of nitrogens with two attached hydrogens (primary N) is 1. The summed E-state index contributed by atoms with van der Waals surface area (Å²) in [6, 6.07) is 20.1. The van der Waals surface area contributed by atoms with Crippen molar-refractivity contribution in [1.29, 1.82) is 0 Å². The van der Waals surface area contributed by atoms with Crippen molar-refractivity contribution in [1.82, 2.24) is 19.8 Å². The van der Waals surface area contributed by atoms with E-state index in [1.165, 1.54) is 44.4 Å². The third-order valence-electron chi connectivity index (χ3n) is 8.73. The van der Waals surface area contributed by atoms with Crippen molar-refractivity contribution in [3.05, 3.63) is 114 Å². The van der Waals surface area contributed by atoms with E-state index in [-0.39, 0.29) is 36.6 Å². The van der Waals surface area contributed by atoms with Crippen LogP contribution in [0.25, 0.3) is 0 Å². The zero-order valence-corrected chi connectivity index (χ0v) is 28.9. The molecule has 0 saturated carbocycles. The Kier molecular flexibility index (Phi) is 12.0. The second-order valence-corrected chi connectivity index (χ2v) is 13.1. The number of hydrogen-bond donors (Lipinski definition) is 3. The van der Waals surface area contributed by atoms with Crippen LogP contribution in [-0.4, -0.2) is 76.3 Å². The number of amides is 3. The number of likely N-dealkylation sites (tertiary alicyclic amines) is 1. The largest absolute Gasteiger partial charge is 0.497 e. The van der Waals surface area contributed by atoms with Crippen molar-refractivity contribution in [3.63, 3.8) is 0 Å². The molecule has 3 amide bonds. The Bertz CT molecular complexity index is 1800. The van der Waals surface area contributed by atoms with Crippen LogP contribution in [0.5, 0.6) is 5.75 Å². The molecule has 0 bridgehead atoms. The molecule has 5 rings (SSSR count). The lowest BCUT2D eigenvalue weighted by Crippen LogP contribution is -2.56. The van der Waals surface area contributed by atoms with E-state index in [4.69, 9.17) is 15.2 Å². The molecule has 4 aromatic rings. The first kappa shape index (κ1) is 36.9. The maximum Gasteiger partial charge on any atom is 0.250 e. The van der Waals surface area contributed by atoms with E-state index in [0.29, 0.717) is 42.8 Å². The first-order chi connectivity index (χ1) is 24.4. The molecule has 268 valence electrons. The third-order valence-corrected chi connectivity index (χ3v) is 8.73. The number of imidazole rings is 1. The van der Waals surface area contributed by atoms with Gasteiger partial charge in [-0.1, -0.05) is 42.5 Å². The number of Topliss-reactive ketones (excluding diaryl/α,β-unsaturated/α-hetero) is 1. The SMILES string of the molecule is COc1ccc(C(C(=O)N2CCC(C(=O)c3ccc(F)cc3)CC2)n2cnc(NC(=O)C(COCc3ccccc3)NC(=O)C(C)(C)N)c2)cc1. The van der Waals surface area contributed by atoms with Gasteiger partial charge in [-0.3, -0.25) is 19.2 Å². The quantitative estimate of drug-likeness (QED) is 0.166. The number of ether oxygens (including phenoxy) is 2. The molecular weight excluding hydrogens is 655 g/mol. The second kappa shape index (κ2) is 16.5. The standard InChI is InChI=1S/C38H43FN6O6/c1-38(2,40)37(49)42-31(23-51-22-25-7-5-4-6-8-25)35(47)43-32-21-45(24-41-32)33(26-11-15-30(50-3)16-12-26)36(48)44-19-17-28(18-20-44)34(46)27-9-13-29(39)14-10-27/h4-16,21,24,28,31,33H,17-20,22-23,40H2,1-3H3,(H,42,49)(H,43,47). The molecule has 1 saturated heterocycles. The molecule has 1 aliphatic heterocycles. The normalized spacial score (nSPS) is 14.7. The van der Waals surface area contributed by atoms with Gasteiger partial charge in [-0.25, -0.2) is 9.37 Å². The lowest BCUT2D eigenvalue weighted by Gasteiger charge is -2.34. The predicted molar refractivity (Wildman–Crippen MR) is 188 cm³/mol. The molecule has 3 aromatic carbocycles. The van der Waals surface area contributed by atoms with Crippen molar-refractivity contribution >= 4 is 29.3 Å². The minimum atomic E-state index is -1.24. The summed E-state index contributed by atoms with van der Waals surface area (Å²) in [4.78, 5) is 59.6. The van der Waals surface area contributed by atoms with Gasteiger partial charge in [0.1, 0.15) is 23.7 Å². The lowest BCUT2D eigenvalue weighted by atomic mass is 9.88. The highest BCUT2D eigenvalue weighted by atomic mass is 19.1. The van der Waals surface area contributed by atoms with Crippen LogP contribution in [0.3, 0.4) is 0 Å². The third kappa shape index (κ3) is 9.65. The summed E-state index contributed by atoms with van der Waals surface area (Å²) in [6.45, 7) is 3.87. The number of nitrogens with zero attached hydrogens (tertiary/aromatic N) is 3. The number of carbonyl (C=O) groups excluding carboxylic acids is 4. The maximum absolute atomic E-state index is 14.2. The summed E-state index contributed by atoms with van der Waals surface area (Å²) in [5.41, 5.74) is 6.74. The maximum atomic E-state index is 14.2. The summed E-state index contributed by atoms with van der Waals surface area (Å²) in [7, 11) is 1.55. The van der Waals surface area contributed by atoms with Crippen LogP contribution in [0.2, 0.25) is 0 Å². The van der Waals surface area contributed by atoms with Crippen LogP contribution < -0.4 is 21.1 Å². The monoisotopic (exact) mass is 698 g/mol. The Hall–Kier alpha value is -5.40. The van der Waals surface area contributed by atoms with Gasteiger partial charge < -0.3 is 35.3 Å². The molecule has 0 radical (unpaired) electrons. The van der Waals surface area contributed by atoms with Gasteiger partial charge in [0.15, 0.2) is 11.6 Å². The number of methoxy groups -OCH3 is 1. The summed E-state index contributed by atoms with van der Waals surface area (Å²) in [5, 5.41) is 5.40. The number of anilines is 1. The fourth-order valence-corrected chi connectivity index (χ4v) is 5.77. The molecular formula is C38H43FN6O6. The van der Waals surface area contributed by atoms with Gasteiger partial charge in [-0.05, 0) is 74.2 Å². The fourth-order valence-electron chi connectivity index (χ4n) is 5.77. The molecule has 12 nitrogen and oxygen atoms in total. The summed E-state index contributed by atoms with van der Waals surface area (Å²) in [5.74, 6) is -1.32. The summed E-state index contributed by atoms with van der Waals surface area (Å²) < 4.78 is 26.1. The number of aromatic nitrogens is 2. The van der Waals surface area contributed by atoms with Crippen molar-refractivity contribution in [2.24, 2.45) is 11.7 Å². The smallest absolute Gasteiger partial charge is 0.250 e. The molecule has 4 N–H and O–H groups in total. The van der Waals surface area contributed by atoms with Crippen LogP contribution in [0.4, 0.5) is 10.2 Å². The van der Waals surface area contributed by atoms with E-state index in [0.717, 1.165) is 5.56 Å². The highest BCUT2D eigenvalue weighted by Gasteiger charge is 2.34. The Morgan fingerprint density at radius 3 is 2.27 bits per heavy atom. The van der Waals surface area contributed by atoms with E-state index in [1.54, 1.807) is 47.0 Å².